The minimum absolute atomic E-state index is 0.0528. The van der Waals surface area contributed by atoms with Crippen molar-refractivity contribution in [3.05, 3.63) is 71.7 Å². The van der Waals surface area contributed by atoms with Crippen LogP contribution in [0.2, 0.25) is 0 Å². The fourth-order valence-electron chi connectivity index (χ4n) is 4.08. The summed E-state index contributed by atoms with van der Waals surface area (Å²) in [6, 6.07) is 8.17. The van der Waals surface area contributed by atoms with Crippen LogP contribution in [0.3, 0.4) is 0 Å². The third-order valence-corrected chi connectivity index (χ3v) is 5.83. The molecule has 0 saturated heterocycles. The highest BCUT2D eigenvalue weighted by molar-refractivity contribution is 5.91. The molecule has 0 bridgehead atoms. The average molecular weight is 442 g/mol. The van der Waals surface area contributed by atoms with Gasteiger partial charge in [-0.1, -0.05) is 0 Å². The quantitative estimate of drug-likeness (QED) is 0.442. The highest BCUT2D eigenvalue weighted by Gasteiger charge is 2.80. The minimum Gasteiger partial charge on any atom is -0.508 e. The van der Waals surface area contributed by atoms with Gasteiger partial charge in [-0.15, -0.1) is 0 Å². The monoisotopic (exact) mass is 442 g/mol. The van der Waals surface area contributed by atoms with Crippen molar-refractivity contribution >= 4 is 17.5 Å². The number of ether oxygens (including phenoxy) is 1. The second kappa shape index (κ2) is 7.04. The topological polar surface area (TPSA) is 110 Å². The van der Waals surface area contributed by atoms with Gasteiger partial charge >= 0.3 is 6.03 Å². The van der Waals surface area contributed by atoms with Crippen molar-refractivity contribution in [2.24, 2.45) is 5.92 Å². The molecule has 0 radical (unpaired) electrons. The first-order chi connectivity index (χ1) is 15.3. The number of nitrogens with one attached hydrogen (secondary N) is 2. The van der Waals surface area contributed by atoms with Crippen LogP contribution in [-0.4, -0.2) is 21.7 Å². The largest absolute Gasteiger partial charge is 0.508 e. The Bertz CT molecular complexity index is 1260. The lowest BCUT2D eigenvalue weighted by Crippen LogP contribution is -2.36. The van der Waals surface area contributed by atoms with Crippen LogP contribution in [0.4, 0.5) is 29.5 Å². The number of carbonyl (C=O) groups excluding carboxylic acids is 1. The predicted octanol–water partition coefficient (Wildman–Crippen LogP) is 4.26. The SMILES string of the molecule is Nc1cc(Oc2ccc(O)c([C@@H]3[C@@H]4C[C@@]34NC(=O)Nc3cc(F)c(F)cc3F)c2)ccn1. The van der Waals surface area contributed by atoms with Gasteiger partial charge in [0.15, 0.2) is 11.6 Å². The second-order valence-electron chi connectivity index (χ2n) is 7.89. The molecule has 1 aromatic heterocycles. The van der Waals surface area contributed by atoms with E-state index in [0.717, 1.165) is 0 Å². The third-order valence-electron chi connectivity index (χ3n) is 5.83. The number of phenols is 1. The molecule has 0 spiro atoms. The number of pyridine rings is 1. The molecule has 2 fully saturated rings. The number of urea groups is 1. The van der Waals surface area contributed by atoms with E-state index >= 15 is 0 Å². The average Bonchev–Trinajstić information content (AvgIpc) is 3.58. The zero-order valence-corrected chi connectivity index (χ0v) is 16.4. The van der Waals surface area contributed by atoms with Gasteiger partial charge in [0.25, 0.3) is 0 Å². The summed E-state index contributed by atoms with van der Waals surface area (Å²) < 4.78 is 46.0. The number of aromatic nitrogens is 1. The Morgan fingerprint density at radius 2 is 1.84 bits per heavy atom. The molecule has 2 aliphatic carbocycles. The number of anilines is 2. The zero-order chi connectivity index (χ0) is 22.6. The number of benzene rings is 2. The molecule has 164 valence electrons. The van der Waals surface area contributed by atoms with E-state index in [2.05, 4.69) is 15.6 Å². The first-order valence-corrected chi connectivity index (χ1v) is 9.73. The smallest absolute Gasteiger partial charge is 0.319 e. The number of fused-ring (bicyclic) bond motifs is 1. The van der Waals surface area contributed by atoms with Gasteiger partial charge < -0.3 is 26.2 Å². The predicted molar refractivity (Wildman–Crippen MR) is 109 cm³/mol. The van der Waals surface area contributed by atoms with E-state index in [1.807, 2.05) is 0 Å². The summed E-state index contributed by atoms with van der Waals surface area (Å²) in [6.07, 6.45) is 2.19. The highest BCUT2D eigenvalue weighted by Crippen LogP contribution is 2.77. The molecule has 3 atom stereocenters. The molecule has 32 heavy (non-hydrogen) atoms. The van der Waals surface area contributed by atoms with Crippen LogP contribution in [0, 0.1) is 23.4 Å². The molecular weight excluding hydrogens is 425 g/mol. The number of nitrogens with two attached hydrogens (primary N) is 1. The number of carbonyl (C=O) groups is 1. The maximum Gasteiger partial charge on any atom is 0.319 e. The lowest BCUT2D eigenvalue weighted by Gasteiger charge is -2.17. The van der Waals surface area contributed by atoms with E-state index in [1.54, 1.807) is 24.3 Å². The number of phenolic OH excluding ortho intramolecular Hbond substituents is 1. The van der Waals surface area contributed by atoms with Gasteiger partial charge in [-0.2, -0.15) is 0 Å². The fourth-order valence-corrected chi connectivity index (χ4v) is 4.08. The number of nitrogen functional groups attached to an aromatic ring is 1. The van der Waals surface area contributed by atoms with E-state index in [0.29, 0.717) is 41.4 Å². The molecule has 10 heteroatoms. The molecule has 2 aliphatic rings. The highest BCUT2D eigenvalue weighted by atomic mass is 19.2. The molecule has 0 aliphatic heterocycles. The van der Waals surface area contributed by atoms with Crippen LogP contribution in [0.5, 0.6) is 17.2 Å². The van der Waals surface area contributed by atoms with E-state index in [4.69, 9.17) is 10.5 Å². The first kappa shape index (κ1) is 20.0. The first-order valence-electron chi connectivity index (χ1n) is 9.73. The summed E-state index contributed by atoms with van der Waals surface area (Å²) >= 11 is 0. The van der Waals surface area contributed by atoms with Crippen molar-refractivity contribution in [3.8, 4) is 17.2 Å². The van der Waals surface area contributed by atoms with Crippen LogP contribution >= 0.6 is 0 Å². The van der Waals surface area contributed by atoms with E-state index in [-0.39, 0.29) is 17.6 Å². The Morgan fingerprint density at radius 3 is 2.59 bits per heavy atom. The van der Waals surface area contributed by atoms with Crippen LogP contribution in [0.1, 0.15) is 17.9 Å². The van der Waals surface area contributed by atoms with E-state index in [1.165, 1.54) is 12.3 Å². The molecule has 3 aromatic rings. The lowest BCUT2D eigenvalue weighted by molar-refractivity contribution is 0.249. The number of rotatable bonds is 5. The molecular formula is C22H17F3N4O3. The summed E-state index contributed by atoms with van der Waals surface area (Å²) in [4.78, 5) is 16.2. The molecule has 7 nitrogen and oxygen atoms in total. The molecule has 5 rings (SSSR count). The maximum atomic E-state index is 13.8. The van der Waals surface area contributed by atoms with Gasteiger partial charge in [0, 0.05) is 35.9 Å². The van der Waals surface area contributed by atoms with Crippen LogP contribution < -0.4 is 21.1 Å². The summed E-state index contributed by atoms with van der Waals surface area (Å²) in [5.41, 5.74) is 5.19. The van der Waals surface area contributed by atoms with Gasteiger partial charge in [-0.3, -0.25) is 0 Å². The van der Waals surface area contributed by atoms with Crippen LogP contribution in [-0.2, 0) is 0 Å². The van der Waals surface area contributed by atoms with E-state index < -0.39 is 34.7 Å². The van der Waals surface area contributed by atoms with Gasteiger partial charge in [-0.05, 0) is 36.6 Å². The van der Waals surface area contributed by atoms with Crippen molar-refractivity contribution in [2.75, 3.05) is 11.1 Å². The van der Waals surface area contributed by atoms with Crippen molar-refractivity contribution in [1.82, 2.24) is 10.3 Å². The lowest BCUT2D eigenvalue weighted by atomic mass is 9.99. The normalized spacial score (nSPS) is 22.6. The Morgan fingerprint density at radius 1 is 1.09 bits per heavy atom. The molecule has 0 unspecified atom stereocenters. The van der Waals surface area contributed by atoms with Crippen LogP contribution in [0.15, 0.2) is 48.7 Å². The van der Waals surface area contributed by atoms with Crippen LogP contribution in [0.25, 0.3) is 0 Å². The Balaban J connectivity index is 1.29. The van der Waals surface area contributed by atoms with Crippen molar-refractivity contribution in [1.29, 1.82) is 0 Å². The van der Waals surface area contributed by atoms with E-state index in [9.17, 15) is 23.1 Å². The number of halogens is 3. The number of aromatic hydroxyl groups is 1. The Kier molecular flexibility index (Phi) is 4.40. The second-order valence-corrected chi connectivity index (χ2v) is 7.89. The number of hydrogen-bond acceptors (Lipinski definition) is 5. The van der Waals surface area contributed by atoms with Crippen molar-refractivity contribution in [2.45, 2.75) is 17.9 Å². The summed E-state index contributed by atoms with van der Waals surface area (Å²) in [5.74, 6) is -2.46. The minimum atomic E-state index is -1.34. The van der Waals surface area contributed by atoms with Crippen molar-refractivity contribution < 1.29 is 27.8 Å². The molecule has 2 aromatic carbocycles. The van der Waals surface area contributed by atoms with Crippen molar-refractivity contribution in [3.63, 3.8) is 0 Å². The fraction of sp³-hybridized carbons (Fsp3) is 0.182. The molecule has 2 saturated carbocycles. The van der Waals surface area contributed by atoms with Gasteiger partial charge in [0.1, 0.15) is 28.9 Å². The number of hydrogen-bond donors (Lipinski definition) is 4. The Labute approximate surface area is 180 Å². The molecule has 1 heterocycles. The number of amides is 2. The molecule has 2 amide bonds. The van der Waals surface area contributed by atoms with Gasteiger partial charge in [0.2, 0.25) is 0 Å². The van der Waals surface area contributed by atoms with Gasteiger partial charge in [0.05, 0.1) is 11.2 Å². The zero-order valence-electron chi connectivity index (χ0n) is 16.4. The van der Waals surface area contributed by atoms with Gasteiger partial charge in [-0.25, -0.2) is 22.9 Å². The number of nitrogens with zero attached hydrogens (tertiary/aromatic N) is 1. The molecule has 5 N–H and O–H groups in total. The third kappa shape index (κ3) is 3.43. The Hall–Kier alpha value is -3.95. The summed E-state index contributed by atoms with van der Waals surface area (Å²) in [5, 5.41) is 15.3. The summed E-state index contributed by atoms with van der Waals surface area (Å²) in [6.45, 7) is 0. The summed E-state index contributed by atoms with van der Waals surface area (Å²) in [7, 11) is 0. The maximum absolute atomic E-state index is 13.8. The standard InChI is InChI=1S/C22H17F3N4O3/c23-14-7-16(25)17(8-15(14)24)28-21(31)29-22-9-13(22)20(22)12-5-10(1-2-18(12)30)32-11-3-4-27-19(26)6-11/h1-8,13,20,30H,9H2,(H2,26,27)(H2,28,29,31)/t13-,20+,22-/m0/s1.